The Kier molecular flexibility index (Phi) is 4.26. The van der Waals surface area contributed by atoms with E-state index in [2.05, 4.69) is 5.43 Å². The van der Waals surface area contributed by atoms with Gasteiger partial charge in [0, 0.05) is 19.1 Å². The van der Waals surface area contributed by atoms with E-state index < -0.39 is 22.8 Å². The number of nitrogen functional groups attached to an aromatic ring is 1. The van der Waals surface area contributed by atoms with Crippen LogP contribution in [0.2, 0.25) is 5.02 Å². The van der Waals surface area contributed by atoms with E-state index in [1.165, 1.54) is 11.8 Å². The fraction of sp³-hybridized carbons (Fsp3) is 0.375. The van der Waals surface area contributed by atoms with E-state index in [0.717, 1.165) is 0 Å². The van der Waals surface area contributed by atoms with E-state index in [1.54, 1.807) is 9.47 Å². The van der Waals surface area contributed by atoms with Gasteiger partial charge < -0.3 is 25.7 Å². The molecule has 2 unspecified atom stereocenters. The monoisotopic (exact) mass is 413 g/mol. The molecule has 2 atom stereocenters. The van der Waals surface area contributed by atoms with Gasteiger partial charge in [0.05, 0.1) is 32.0 Å². The summed E-state index contributed by atoms with van der Waals surface area (Å²) in [6.45, 7) is 2.77. The lowest BCUT2D eigenvalue weighted by Crippen LogP contribution is -2.31. The van der Waals surface area contributed by atoms with Crippen LogP contribution >= 0.6 is 23.4 Å². The molecule has 2 aromatic rings. The number of aromatic carboxylic acids is 1. The largest absolute Gasteiger partial charge is 0.477 e. The first-order valence-electron chi connectivity index (χ1n) is 8.28. The Bertz CT molecular complexity index is 1060. The molecule has 0 bridgehead atoms. The van der Waals surface area contributed by atoms with E-state index in [-0.39, 0.29) is 38.7 Å². The number of anilines is 2. The number of aromatic nitrogens is 1. The first-order valence-corrected chi connectivity index (χ1v) is 9.53. The Morgan fingerprint density at radius 2 is 2.19 bits per heavy atom. The number of nitrogens with zero attached hydrogens (tertiary/aromatic N) is 2. The van der Waals surface area contributed by atoms with Gasteiger partial charge in [0.1, 0.15) is 11.3 Å². The summed E-state index contributed by atoms with van der Waals surface area (Å²) in [4.78, 5) is 26.2. The van der Waals surface area contributed by atoms with Crippen molar-refractivity contribution in [2.75, 3.05) is 23.4 Å². The van der Waals surface area contributed by atoms with Crippen LogP contribution in [0.3, 0.4) is 0 Å². The normalized spacial score (nSPS) is 21.3. The van der Waals surface area contributed by atoms with Gasteiger partial charge in [-0.1, -0.05) is 23.4 Å². The SMILES string of the molecule is CC1Sc2c(C(=O)O)c(=O)c3c(NN)c(F)c(N4CCC(N)C4)c(Cl)c3n21. The number of carboxylic acids is 1. The van der Waals surface area contributed by atoms with Gasteiger partial charge in [0.2, 0.25) is 5.43 Å². The average molecular weight is 414 g/mol. The quantitative estimate of drug-likeness (QED) is 0.444. The second kappa shape index (κ2) is 6.26. The topological polar surface area (TPSA) is 127 Å². The number of benzene rings is 1. The van der Waals surface area contributed by atoms with Crippen molar-refractivity contribution in [1.29, 1.82) is 0 Å². The number of hydrogen-bond donors (Lipinski definition) is 4. The number of pyridine rings is 1. The molecule has 144 valence electrons. The maximum absolute atomic E-state index is 15.3. The highest BCUT2D eigenvalue weighted by atomic mass is 35.5. The number of rotatable bonds is 3. The molecule has 0 aliphatic carbocycles. The minimum Gasteiger partial charge on any atom is -0.477 e. The van der Waals surface area contributed by atoms with Crippen molar-refractivity contribution in [2.24, 2.45) is 11.6 Å². The Balaban J connectivity index is 2.16. The zero-order chi connectivity index (χ0) is 19.6. The molecule has 4 rings (SSSR count). The second-order valence-corrected chi connectivity index (χ2v) is 8.30. The molecule has 1 fully saturated rings. The number of nitrogens with one attached hydrogen (secondary N) is 1. The molecule has 0 radical (unpaired) electrons. The van der Waals surface area contributed by atoms with Crippen LogP contribution in [0.15, 0.2) is 9.82 Å². The molecular weight excluding hydrogens is 397 g/mol. The molecule has 2 aliphatic heterocycles. The van der Waals surface area contributed by atoms with Crippen molar-refractivity contribution in [3.05, 3.63) is 26.6 Å². The molecule has 0 saturated carbocycles. The Morgan fingerprint density at radius 1 is 1.48 bits per heavy atom. The van der Waals surface area contributed by atoms with Gasteiger partial charge in [-0.05, 0) is 13.3 Å². The highest BCUT2D eigenvalue weighted by molar-refractivity contribution is 8.00. The first kappa shape index (κ1) is 18.4. The van der Waals surface area contributed by atoms with Crippen LogP contribution in [0.5, 0.6) is 0 Å². The molecule has 6 N–H and O–H groups in total. The van der Waals surface area contributed by atoms with E-state index in [9.17, 15) is 14.7 Å². The predicted molar refractivity (Wildman–Crippen MR) is 103 cm³/mol. The summed E-state index contributed by atoms with van der Waals surface area (Å²) in [5.74, 6) is 3.35. The van der Waals surface area contributed by atoms with Gasteiger partial charge in [-0.25, -0.2) is 9.18 Å². The van der Waals surface area contributed by atoms with Crippen molar-refractivity contribution >= 4 is 51.6 Å². The molecule has 1 saturated heterocycles. The van der Waals surface area contributed by atoms with Crippen LogP contribution < -0.4 is 27.3 Å². The standard InChI is InChI=1S/C16H17ClFN5O3S/c1-5-23-12-7(14(24)8(16(25)26)15(23)27-5)11(21-20)10(18)13(9(12)17)22-3-2-6(19)4-22/h5-6,21H,2-4,19-20H2,1H3,(H,25,26). The maximum atomic E-state index is 15.3. The third-order valence-electron chi connectivity index (χ3n) is 5.00. The zero-order valence-corrected chi connectivity index (χ0v) is 15.8. The number of halogens is 2. The number of carbonyl (C=O) groups is 1. The van der Waals surface area contributed by atoms with Crippen LogP contribution in [0, 0.1) is 5.82 Å². The molecule has 27 heavy (non-hydrogen) atoms. The molecule has 1 aromatic carbocycles. The van der Waals surface area contributed by atoms with E-state index >= 15 is 4.39 Å². The molecule has 1 aromatic heterocycles. The average Bonchev–Trinajstić information content (AvgIpc) is 3.01. The Morgan fingerprint density at radius 3 is 2.70 bits per heavy atom. The molecule has 8 nitrogen and oxygen atoms in total. The summed E-state index contributed by atoms with van der Waals surface area (Å²) >= 11 is 7.82. The highest BCUT2D eigenvalue weighted by Crippen LogP contribution is 2.50. The summed E-state index contributed by atoms with van der Waals surface area (Å²) in [5.41, 5.74) is 7.07. The summed E-state index contributed by atoms with van der Waals surface area (Å²) in [7, 11) is 0. The number of nitrogens with two attached hydrogens (primary N) is 2. The summed E-state index contributed by atoms with van der Waals surface area (Å²) in [6, 6.07) is -0.111. The lowest BCUT2D eigenvalue weighted by molar-refractivity contribution is 0.0689. The third kappa shape index (κ3) is 2.44. The number of hydrazine groups is 1. The lowest BCUT2D eigenvalue weighted by atomic mass is 10.1. The van der Waals surface area contributed by atoms with Gasteiger partial charge in [-0.2, -0.15) is 0 Å². The molecule has 3 heterocycles. The van der Waals surface area contributed by atoms with E-state index in [0.29, 0.717) is 24.5 Å². The minimum atomic E-state index is -1.38. The smallest absolute Gasteiger partial charge is 0.342 e. The fourth-order valence-corrected chi connectivity index (χ4v) is 5.30. The van der Waals surface area contributed by atoms with E-state index in [1.807, 2.05) is 6.92 Å². The van der Waals surface area contributed by atoms with Crippen LogP contribution in [0.4, 0.5) is 15.8 Å². The number of carboxylic acid groups (broad SMARTS) is 1. The van der Waals surface area contributed by atoms with Gasteiger partial charge in [0.25, 0.3) is 0 Å². The minimum absolute atomic E-state index is 0.0537. The first-order chi connectivity index (χ1) is 12.8. The van der Waals surface area contributed by atoms with E-state index in [4.69, 9.17) is 23.2 Å². The van der Waals surface area contributed by atoms with Crippen LogP contribution in [0.1, 0.15) is 29.1 Å². The Hall–Kier alpha value is -2.01. The number of hydrogen-bond acceptors (Lipinski definition) is 7. The van der Waals surface area contributed by atoms with Crippen LogP contribution in [-0.2, 0) is 0 Å². The highest BCUT2D eigenvalue weighted by Gasteiger charge is 2.37. The maximum Gasteiger partial charge on any atom is 0.342 e. The third-order valence-corrected chi connectivity index (χ3v) is 6.54. The van der Waals surface area contributed by atoms with Crippen molar-refractivity contribution in [3.8, 4) is 0 Å². The van der Waals surface area contributed by atoms with Crippen molar-refractivity contribution in [1.82, 2.24) is 4.57 Å². The van der Waals surface area contributed by atoms with Gasteiger partial charge in [0.15, 0.2) is 5.82 Å². The van der Waals surface area contributed by atoms with Crippen molar-refractivity contribution in [2.45, 2.75) is 29.8 Å². The predicted octanol–water partition coefficient (Wildman–Crippen LogP) is 1.94. The lowest BCUT2D eigenvalue weighted by Gasteiger charge is -2.34. The van der Waals surface area contributed by atoms with Crippen LogP contribution in [0.25, 0.3) is 10.9 Å². The van der Waals surface area contributed by atoms with Crippen molar-refractivity contribution < 1.29 is 14.3 Å². The van der Waals surface area contributed by atoms with Crippen molar-refractivity contribution in [3.63, 3.8) is 0 Å². The van der Waals surface area contributed by atoms with Gasteiger partial charge >= 0.3 is 5.97 Å². The molecule has 0 spiro atoms. The number of fused-ring (bicyclic) bond motifs is 3. The second-order valence-electron chi connectivity index (χ2n) is 6.62. The van der Waals surface area contributed by atoms with Crippen LogP contribution in [-0.4, -0.2) is 34.8 Å². The van der Waals surface area contributed by atoms with Gasteiger partial charge in [-0.15, -0.1) is 0 Å². The summed E-state index contributed by atoms with van der Waals surface area (Å²) < 4.78 is 16.9. The zero-order valence-electron chi connectivity index (χ0n) is 14.3. The van der Waals surface area contributed by atoms with Gasteiger partial charge in [-0.3, -0.25) is 10.6 Å². The molecular formula is C16H17ClFN5O3S. The molecule has 11 heteroatoms. The Labute approximate surface area is 162 Å². The summed E-state index contributed by atoms with van der Waals surface area (Å²) in [6.07, 6.45) is 0.682. The number of thioether (sulfide) groups is 1. The molecule has 0 amide bonds. The summed E-state index contributed by atoms with van der Waals surface area (Å²) in [5, 5.41) is 9.51. The molecule has 2 aliphatic rings. The fourth-order valence-electron chi connectivity index (χ4n) is 3.78.